The van der Waals surface area contributed by atoms with E-state index in [9.17, 15) is 4.79 Å². The number of carbonyl (C=O) groups is 1. The molecule has 0 atom stereocenters. The number of rotatable bonds is 11. The quantitative estimate of drug-likeness (QED) is 0.185. The van der Waals surface area contributed by atoms with Crippen molar-refractivity contribution in [3.8, 4) is 0 Å². The lowest BCUT2D eigenvalue weighted by molar-refractivity contribution is 0.0928. The minimum absolute atomic E-state index is 0.207. The molecule has 0 N–H and O–H groups in total. The highest BCUT2D eigenvalue weighted by Crippen LogP contribution is 2.32. The monoisotopic (exact) mass is 409 g/mol. The number of benzene rings is 3. The second-order valence-corrected chi connectivity index (χ2v) is 8.36. The van der Waals surface area contributed by atoms with Crippen molar-refractivity contribution >= 4 is 38.9 Å². The summed E-state index contributed by atoms with van der Waals surface area (Å²) in [5, 5.41) is 5.07. The maximum atomic E-state index is 13.1. The largest absolute Gasteiger partial charge is 0.296 e. The molecule has 3 aromatic carbocycles. The number of unbranched alkanes of at least 4 members (excludes halogenated alkanes) is 4. The molecule has 3 heteroatoms. The molecule has 3 rings (SSSR count). The van der Waals surface area contributed by atoms with Gasteiger partial charge in [0.15, 0.2) is 5.78 Å². The van der Waals surface area contributed by atoms with E-state index in [4.69, 9.17) is 11.6 Å². The Hall–Kier alpha value is -1.90. The second kappa shape index (κ2) is 10.8. The standard InChI is InChI=1S/C26H32ClNO/c1-3-5-9-15-28(16-10-6-4-2)19-26(29)21-14-13-20-18-25(27)23-12-8-7-11-22(23)24(20)17-21/h7-8,11-14,17-18H,3-6,9-10,15-16,19H2,1-2H3. The molecule has 0 unspecified atom stereocenters. The van der Waals surface area contributed by atoms with Crippen LogP contribution in [0.3, 0.4) is 0 Å². The number of ketones is 1. The van der Waals surface area contributed by atoms with Crippen molar-refractivity contribution in [1.82, 2.24) is 4.90 Å². The summed E-state index contributed by atoms with van der Waals surface area (Å²) in [6.07, 6.45) is 7.18. The minimum Gasteiger partial charge on any atom is -0.296 e. The van der Waals surface area contributed by atoms with E-state index in [0.717, 1.165) is 58.1 Å². The van der Waals surface area contributed by atoms with E-state index in [0.29, 0.717) is 6.54 Å². The number of nitrogens with zero attached hydrogens (tertiary/aromatic N) is 1. The van der Waals surface area contributed by atoms with E-state index in [2.05, 4.69) is 24.8 Å². The Balaban J connectivity index is 1.83. The van der Waals surface area contributed by atoms with Gasteiger partial charge in [0.2, 0.25) is 0 Å². The van der Waals surface area contributed by atoms with Crippen LogP contribution in [0.1, 0.15) is 62.7 Å². The number of hydrogen-bond donors (Lipinski definition) is 0. The zero-order valence-electron chi connectivity index (χ0n) is 17.7. The van der Waals surface area contributed by atoms with Gasteiger partial charge in [0, 0.05) is 16.0 Å². The molecule has 0 saturated heterocycles. The molecule has 2 nitrogen and oxygen atoms in total. The van der Waals surface area contributed by atoms with E-state index < -0.39 is 0 Å². The van der Waals surface area contributed by atoms with Gasteiger partial charge in [-0.1, -0.05) is 87.5 Å². The average molecular weight is 410 g/mol. The molecule has 0 aliphatic carbocycles. The summed E-state index contributed by atoms with van der Waals surface area (Å²) < 4.78 is 0. The average Bonchev–Trinajstić information content (AvgIpc) is 2.74. The number of halogens is 1. The topological polar surface area (TPSA) is 20.3 Å². The number of fused-ring (bicyclic) bond motifs is 3. The zero-order valence-corrected chi connectivity index (χ0v) is 18.5. The van der Waals surface area contributed by atoms with E-state index in [1.54, 1.807) is 0 Å². The lowest BCUT2D eigenvalue weighted by atomic mass is 9.98. The third kappa shape index (κ3) is 5.58. The van der Waals surface area contributed by atoms with Crippen LogP contribution in [0.4, 0.5) is 0 Å². The number of Topliss-reactive ketones (excluding diaryl/α,β-unsaturated/α-hetero) is 1. The highest BCUT2D eigenvalue weighted by atomic mass is 35.5. The summed E-state index contributed by atoms with van der Waals surface area (Å²) in [6, 6.07) is 16.2. The maximum absolute atomic E-state index is 13.1. The fraction of sp³-hybridized carbons (Fsp3) is 0.423. The molecule has 0 spiro atoms. The molecule has 0 aliphatic rings. The Labute approximate surface area is 179 Å². The molecule has 154 valence electrons. The van der Waals surface area contributed by atoms with Crippen molar-refractivity contribution < 1.29 is 4.79 Å². The van der Waals surface area contributed by atoms with Crippen molar-refractivity contribution in [1.29, 1.82) is 0 Å². The van der Waals surface area contributed by atoms with Crippen LogP contribution in [0, 0.1) is 0 Å². The normalized spacial score (nSPS) is 11.6. The molecule has 0 heterocycles. The van der Waals surface area contributed by atoms with Crippen LogP contribution in [0.25, 0.3) is 21.5 Å². The van der Waals surface area contributed by atoms with Crippen molar-refractivity contribution in [2.24, 2.45) is 0 Å². The lowest BCUT2D eigenvalue weighted by Gasteiger charge is -2.21. The number of carbonyl (C=O) groups excluding carboxylic acids is 1. The van der Waals surface area contributed by atoms with Gasteiger partial charge in [-0.05, 0) is 54.2 Å². The Morgan fingerprint density at radius 2 is 1.48 bits per heavy atom. The van der Waals surface area contributed by atoms with Crippen LogP contribution in [0.5, 0.6) is 0 Å². The van der Waals surface area contributed by atoms with Gasteiger partial charge >= 0.3 is 0 Å². The van der Waals surface area contributed by atoms with Crippen molar-refractivity contribution in [3.05, 3.63) is 59.1 Å². The molecule has 0 radical (unpaired) electrons. The molecule has 0 amide bonds. The third-order valence-electron chi connectivity index (χ3n) is 5.66. The maximum Gasteiger partial charge on any atom is 0.176 e. The van der Waals surface area contributed by atoms with Crippen LogP contribution >= 0.6 is 11.6 Å². The van der Waals surface area contributed by atoms with Crippen molar-refractivity contribution in [2.45, 2.75) is 52.4 Å². The molecule has 0 fully saturated rings. The highest BCUT2D eigenvalue weighted by molar-refractivity contribution is 6.37. The Kier molecular flexibility index (Phi) is 8.09. The Bertz CT molecular complexity index is 955. The third-order valence-corrected chi connectivity index (χ3v) is 5.97. The van der Waals surface area contributed by atoms with Crippen molar-refractivity contribution in [2.75, 3.05) is 19.6 Å². The SMILES string of the molecule is CCCCCN(CCCCC)CC(=O)c1ccc2cc(Cl)c3ccccc3c2c1. The van der Waals surface area contributed by atoms with Gasteiger partial charge in [0.25, 0.3) is 0 Å². The summed E-state index contributed by atoms with van der Waals surface area (Å²) >= 11 is 6.45. The molecule has 29 heavy (non-hydrogen) atoms. The first-order valence-electron chi connectivity index (χ1n) is 11.0. The second-order valence-electron chi connectivity index (χ2n) is 7.95. The summed E-state index contributed by atoms with van der Waals surface area (Å²) in [4.78, 5) is 15.4. The van der Waals surface area contributed by atoms with Crippen LogP contribution in [0.15, 0.2) is 48.5 Å². The van der Waals surface area contributed by atoms with Crippen LogP contribution in [0.2, 0.25) is 5.02 Å². The van der Waals surface area contributed by atoms with Gasteiger partial charge in [-0.3, -0.25) is 9.69 Å². The molecule has 0 saturated carbocycles. The molecular weight excluding hydrogens is 378 g/mol. The van der Waals surface area contributed by atoms with Crippen LogP contribution in [-0.2, 0) is 0 Å². The van der Waals surface area contributed by atoms with E-state index in [-0.39, 0.29) is 5.78 Å². The first-order valence-corrected chi connectivity index (χ1v) is 11.4. The summed E-state index contributed by atoms with van der Waals surface area (Å²) in [7, 11) is 0. The van der Waals surface area contributed by atoms with Crippen LogP contribution < -0.4 is 0 Å². The van der Waals surface area contributed by atoms with Crippen molar-refractivity contribution in [3.63, 3.8) is 0 Å². The lowest BCUT2D eigenvalue weighted by Crippen LogP contribution is -2.32. The van der Waals surface area contributed by atoms with E-state index in [1.165, 1.54) is 25.7 Å². The van der Waals surface area contributed by atoms with E-state index >= 15 is 0 Å². The predicted octanol–water partition coefficient (Wildman–Crippen LogP) is 7.51. The molecular formula is C26H32ClNO. The fourth-order valence-electron chi connectivity index (χ4n) is 3.96. The molecule has 0 aromatic heterocycles. The van der Waals surface area contributed by atoms with E-state index in [1.807, 2.05) is 42.5 Å². The number of hydrogen-bond acceptors (Lipinski definition) is 2. The Morgan fingerprint density at radius 1 is 0.828 bits per heavy atom. The smallest absolute Gasteiger partial charge is 0.176 e. The van der Waals surface area contributed by atoms with Gasteiger partial charge in [-0.25, -0.2) is 0 Å². The summed E-state index contributed by atoms with van der Waals surface area (Å²) in [5.74, 6) is 0.207. The summed E-state index contributed by atoms with van der Waals surface area (Å²) in [6.45, 7) is 6.96. The van der Waals surface area contributed by atoms with Gasteiger partial charge in [0.1, 0.15) is 0 Å². The van der Waals surface area contributed by atoms with Gasteiger partial charge in [-0.2, -0.15) is 0 Å². The predicted molar refractivity (Wildman–Crippen MR) is 126 cm³/mol. The first-order chi connectivity index (χ1) is 14.1. The van der Waals surface area contributed by atoms with Gasteiger partial charge in [-0.15, -0.1) is 0 Å². The summed E-state index contributed by atoms with van der Waals surface area (Å²) in [5.41, 5.74) is 0.793. The first kappa shape index (κ1) is 21.8. The van der Waals surface area contributed by atoms with Crippen LogP contribution in [-0.4, -0.2) is 30.3 Å². The van der Waals surface area contributed by atoms with Gasteiger partial charge < -0.3 is 0 Å². The minimum atomic E-state index is 0.207. The fourth-order valence-corrected chi connectivity index (χ4v) is 4.25. The highest BCUT2D eigenvalue weighted by Gasteiger charge is 2.14. The zero-order chi connectivity index (χ0) is 20.6. The molecule has 3 aromatic rings. The van der Waals surface area contributed by atoms with Gasteiger partial charge in [0.05, 0.1) is 6.54 Å². The molecule has 0 bridgehead atoms. The Morgan fingerprint density at radius 3 is 2.14 bits per heavy atom. The molecule has 0 aliphatic heterocycles.